The number of carbonyl (C=O) groups is 2. The van der Waals surface area contributed by atoms with Crippen LogP contribution in [0.25, 0.3) is 0 Å². The van der Waals surface area contributed by atoms with E-state index in [-0.39, 0.29) is 31.5 Å². The molecule has 0 spiro atoms. The molecule has 23 heavy (non-hydrogen) atoms. The van der Waals surface area contributed by atoms with Crippen LogP contribution in [0.2, 0.25) is 0 Å². The quantitative estimate of drug-likeness (QED) is 0.843. The van der Waals surface area contributed by atoms with Gasteiger partial charge in [0.1, 0.15) is 17.3 Å². The molecule has 0 aromatic rings. The second kappa shape index (κ2) is 6.29. The van der Waals surface area contributed by atoms with Crippen molar-refractivity contribution in [2.24, 2.45) is 11.8 Å². The summed E-state index contributed by atoms with van der Waals surface area (Å²) in [7, 11) is 0. The third kappa shape index (κ3) is 4.09. The van der Waals surface area contributed by atoms with Gasteiger partial charge in [0.05, 0.1) is 5.92 Å². The van der Waals surface area contributed by atoms with E-state index < -0.39 is 41.2 Å². The summed E-state index contributed by atoms with van der Waals surface area (Å²) in [5, 5.41) is 9.37. The lowest BCUT2D eigenvalue weighted by molar-refractivity contribution is -0.142. The van der Waals surface area contributed by atoms with Crippen LogP contribution in [-0.2, 0) is 9.53 Å². The predicted octanol–water partition coefficient (Wildman–Crippen LogP) is 3.42. The van der Waals surface area contributed by atoms with Gasteiger partial charge in [0, 0.05) is 31.5 Å². The fourth-order valence-corrected chi connectivity index (χ4v) is 2.92. The van der Waals surface area contributed by atoms with Gasteiger partial charge in [0.25, 0.3) is 0 Å². The molecule has 0 bridgehead atoms. The van der Waals surface area contributed by atoms with Crippen LogP contribution >= 0.6 is 0 Å². The number of likely N-dealkylation sites (tertiary alicyclic amines) is 1. The second-order valence-corrected chi connectivity index (χ2v) is 6.90. The molecule has 5 nitrogen and oxygen atoms in total. The van der Waals surface area contributed by atoms with E-state index in [1.807, 2.05) is 0 Å². The SMILES string of the molecule is CC(C)(C)OC(=O)N1C[C@@H](C(=O)O)[C@H](C2=C(F)C=C(F)CC2)C1. The number of aliphatic carboxylic acids is 1. The van der Waals surface area contributed by atoms with Crippen LogP contribution in [0.5, 0.6) is 0 Å². The van der Waals surface area contributed by atoms with Crippen LogP contribution in [0, 0.1) is 11.8 Å². The summed E-state index contributed by atoms with van der Waals surface area (Å²) in [6.45, 7) is 5.15. The van der Waals surface area contributed by atoms with E-state index in [4.69, 9.17) is 4.74 Å². The molecule has 1 saturated heterocycles. The summed E-state index contributed by atoms with van der Waals surface area (Å²) in [5.74, 6) is -3.96. The van der Waals surface area contributed by atoms with E-state index in [1.165, 1.54) is 4.90 Å². The fourth-order valence-electron chi connectivity index (χ4n) is 2.92. The van der Waals surface area contributed by atoms with Crippen molar-refractivity contribution < 1.29 is 28.2 Å². The van der Waals surface area contributed by atoms with E-state index in [2.05, 4.69) is 0 Å². The number of hydrogen-bond acceptors (Lipinski definition) is 3. The summed E-state index contributed by atoms with van der Waals surface area (Å²) in [6, 6.07) is 0. The van der Waals surface area contributed by atoms with Gasteiger partial charge in [-0.15, -0.1) is 0 Å². The normalized spacial score (nSPS) is 25.4. The summed E-state index contributed by atoms with van der Waals surface area (Å²) >= 11 is 0. The van der Waals surface area contributed by atoms with Crippen LogP contribution in [0.15, 0.2) is 23.3 Å². The molecular formula is C16H21F2NO4. The molecule has 1 aliphatic carbocycles. The first-order valence-corrected chi connectivity index (χ1v) is 7.54. The monoisotopic (exact) mass is 329 g/mol. The Bertz CT molecular complexity index is 577. The molecule has 2 rings (SSSR count). The lowest BCUT2D eigenvalue weighted by Crippen LogP contribution is -2.36. The standard InChI is InChI=1S/C16H21F2NO4/c1-16(2,3)23-15(22)19-7-11(12(8-19)14(20)21)10-5-4-9(17)6-13(10)18/h6,11-12H,4-5,7-8H2,1-3H3,(H,20,21)/t11-,12+/m0/s1. The van der Waals surface area contributed by atoms with Crippen LogP contribution in [-0.4, -0.2) is 40.8 Å². The van der Waals surface area contributed by atoms with Gasteiger partial charge >= 0.3 is 12.1 Å². The highest BCUT2D eigenvalue weighted by Crippen LogP contribution is 2.38. The number of hydrogen-bond donors (Lipinski definition) is 1. The lowest BCUT2D eigenvalue weighted by Gasteiger charge is -2.25. The Morgan fingerprint density at radius 2 is 1.91 bits per heavy atom. The molecular weight excluding hydrogens is 308 g/mol. The van der Waals surface area contributed by atoms with Gasteiger partial charge in [-0.3, -0.25) is 4.79 Å². The average molecular weight is 329 g/mol. The van der Waals surface area contributed by atoms with Crippen molar-refractivity contribution in [3.8, 4) is 0 Å². The van der Waals surface area contributed by atoms with Gasteiger partial charge in [-0.05, 0) is 32.8 Å². The maximum atomic E-state index is 14.0. The number of carboxylic acid groups (broad SMARTS) is 1. The molecule has 0 unspecified atom stereocenters. The van der Waals surface area contributed by atoms with Crippen LogP contribution in [0.3, 0.4) is 0 Å². The smallest absolute Gasteiger partial charge is 0.410 e. The Morgan fingerprint density at radius 3 is 2.43 bits per heavy atom. The molecule has 0 aromatic carbocycles. The number of ether oxygens (including phenoxy) is 1. The first kappa shape index (κ1) is 17.4. The van der Waals surface area contributed by atoms with Gasteiger partial charge in [0.2, 0.25) is 0 Å². The van der Waals surface area contributed by atoms with Gasteiger partial charge < -0.3 is 14.7 Å². The van der Waals surface area contributed by atoms with Crippen molar-refractivity contribution in [3.05, 3.63) is 23.3 Å². The highest BCUT2D eigenvalue weighted by atomic mass is 19.1. The van der Waals surface area contributed by atoms with Gasteiger partial charge in [0.15, 0.2) is 0 Å². The Morgan fingerprint density at radius 1 is 1.26 bits per heavy atom. The highest BCUT2D eigenvalue weighted by Gasteiger charge is 2.43. The molecule has 0 aromatic heterocycles. The van der Waals surface area contributed by atoms with Gasteiger partial charge in [-0.25, -0.2) is 13.6 Å². The van der Waals surface area contributed by atoms with Crippen molar-refractivity contribution >= 4 is 12.1 Å². The first-order valence-electron chi connectivity index (χ1n) is 7.54. The van der Waals surface area contributed by atoms with E-state index >= 15 is 0 Å². The molecule has 1 aliphatic heterocycles. The number of amides is 1. The predicted molar refractivity (Wildman–Crippen MR) is 79.0 cm³/mol. The van der Waals surface area contributed by atoms with Gasteiger partial charge in [-0.1, -0.05) is 0 Å². The van der Waals surface area contributed by atoms with Crippen molar-refractivity contribution in [2.75, 3.05) is 13.1 Å². The molecule has 2 atom stereocenters. The van der Waals surface area contributed by atoms with Gasteiger partial charge in [-0.2, -0.15) is 0 Å². The zero-order valence-corrected chi connectivity index (χ0v) is 13.4. The minimum Gasteiger partial charge on any atom is -0.481 e. The molecule has 0 saturated carbocycles. The molecule has 1 N–H and O–H groups in total. The Kier molecular flexibility index (Phi) is 4.77. The molecule has 1 fully saturated rings. The fraction of sp³-hybridized carbons (Fsp3) is 0.625. The third-order valence-electron chi connectivity index (χ3n) is 3.96. The molecule has 1 heterocycles. The number of halogens is 2. The van der Waals surface area contributed by atoms with Crippen molar-refractivity contribution in [1.29, 1.82) is 0 Å². The van der Waals surface area contributed by atoms with E-state index in [9.17, 15) is 23.5 Å². The summed E-state index contributed by atoms with van der Waals surface area (Å²) in [6.07, 6.45) is 0.362. The maximum Gasteiger partial charge on any atom is 0.410 e. The van der Waals surface area contributed by atoms with E-state index in [0.29, 0.717) is 0 Å². The molecule has 128 valence electrons. The Balaban J connectivity index is 2.21. The molecule has 1 amide bonds. The summed E-state index contributed by atoms with van der Waals surface area (Å²) in [5.41, 5.74) is -0.431. The first-order chi connectivity index (χ1) is 10.6. The summed E-state index contributed by atoms with van der Waals surface area (Å²) in [4.78, 5) is 24.9. The molecule has 0 radical (unpaired) electrons. The van der Waals surface area contributed by atoms with Crippen LogP contribution < -0.4 is 0 Å². The Labute approximate surface area is 133 Å². The van der Waals surface area contributed by atoms with E-state index in [1.54, 1.807) is 20.8 Å². The molecule has 7 heteroatoms. The van der Waals surface area contributed by atoms with Crippen molar-refractivity contribution in [2.45, 2.75) is 39.2 Å². The maximum absolute atomic E-state index is 14.0. The highest BCUT2D eigenvalue weighted by molar-refractivity contribution is 5.75. The number of rotatable bonds is 2. The largest absolute Gasteiger partial charge is 0.481 e. The average Bonchev–Trinajstić information content (AvgIpc) is 2.81. The topological polar surface area (TPSA) is 66.8 Å². The number of carboxylic acids is 1. The zero-order valence-electron chi connectivity index (χ0n) is 13.4. The Hall–Kier alpha value is -1.92. The second-order valence-electron chi connectivity index (χ2n) is 6.90. The number of nitrogens with zero attached hydrogens (tertiary/aromatic N) is 1. The third-order valence-corrected chi connectivity index (χ3v) is 3.96. The van der Waals surface area contributed by atoms with Crippen LogP contribution in [0.4, 0.5) is 13.6 Å². The van der Waals surface area contributed by atoms with Crippen molar-refractivity contribution in [1.82, 2.24) is 4.90 Å². The minimum atomic E-state index is -1.10. The summed E-state index contributed by atoms with van der Waals surface area (Å²) < 4.78 is 32.4. The molecule has 2 aliphatic rings. The minimum absolute atomic E-state index is 0.0438. The zero-order chi connectivity index (χ0) is 17.4. The lowest BCUT2D eigenvalue weighted by atomic mass is 9.84. The number of allylic oxidation sites excluding steroid dienone is 3. The number of carbonyl (C=O) groups excluding carboxylic acids is 1. The van der Waals surface area contributed by atoms with Crippen LogP contribution in [0.1, 0.15) is 33.6 Å². The van der Waals surface area contributed by atoms with E-state index in [0.717, 1.165) is 6.08 Å². The van der Waals surface area contributed by atoms with Crippen molar-refractivity contribution in [3.63, 3.8) is 0 Å².